The molecule has 1 saturated heterocycles. The number of rotatable bonds is 2. The first kappa shape index (κ1) is 24.5. The van der Waals surface area contributed by atoms with Crippen molar-refractivity contribution in [1.82, 2.24) is 9.58 Å². The lowest BCUT2D eigenvalue weighted by Crippen LogP contribution is -2.58. The SMILES string of the molecule is COC(=O)C1CC[C@H]2Nn3c(-c4cc(F)c(F)c5c4Cc4ccccc4SC5)cc(=O)c(O)c3C(=O)N2C1. The molecule has 0 radical (unpaired) electrons. The average Bonchev–Trinajstić information content (AvgIpc) is 3.12. The van der Waals surface area contributed by atoms with Crippen LogP contribution in [0, 0.1) is 17.6 Å². The van der Waals surface area contributed by atoms with Crippen LogP contribution < -0.4 is 10.9 Å². The number of benzene rings is 2. The van der Waals surface area contributed by atoms with Crippen LogP contribution in [0.5, 0.6) is 5.75 Å². The van der Waals surface area contributed by atoms with Crippen molar-refractivity contribution in [2.45, 2.75) is 36.1 Å². The highest BCUT2D eigenvalue weighted by Crippen LogP contribution is 2.41. The molecule has 1 fully saturated rings. The van der Waals surface area contributed by atoms with Crippen LogP contribution in [-0.2, 0) is 21.7 Å². The summed E-state index contributed by atoms with van der Waals surface area (Å²) in [6, 6.07) is 9.76. The number of nitrogens with one attached hydrogen (secondary N) is 1. The van der Waals surface area contributed by atoms with Gasteiger partial charge in [-0.3, -0.25) is 14.4 Å². The van der Waals surface area contributed by atoms with Gasteiger partial charge in [-0.2, -0.15) is 0 Å². The number of hydrogen-bond donors (Lipinski definition) is 2. The predicted octanol–water partition coefficient (Wildman–Crippen LogP) is 3.60. The molecule has 8 nitrogen and oxygen atoms in total. The molecule has 6 rings (SSSR count). The van der Waals surface area contributed by atoms with Gasteiger partial charge in [0.1, 0.15) is 6.17 Å². The summed E-state index contributed by atoms with van der Waals surface area (Å²) in [6.45, 7) is 0.0512. The van der Waals surface area contributed by atoms with Gasteiger partial charge < -0.3 is 20.2 Å². The quantitative estimate of drug-likeness (QED) is 0.480. The van der Waals surface area contributed by atoms with Crippen molar-refractivity contribution in [1.29, 1.82) is 0 Å². The molecule has 0 saturated carbocycles. The lowest BCUT2D eigenvalue weighted by molar-refractivity contribution is -0.147. The third-order valence-corrected chi connectivity index (χ3v) is 8.61. The van der Waals surface area contributed by atoms with Gasteiger partial charge >= 0.3 is 5.97 Å². The van der Waals surface area contributed by atoms with Crippen molar-refractivity contribution >= 4 is 23.6 Å². The smallest absolute Gasteiger partial charge is 0.310 e. The molecule has 1 unspecified atom stereocenters. The molecule has 1 aromatic heterocycles. The van der Waals surface area contributed by atoms with Crippen molar-refractivity contribution in [3.63, 3.8) is 0 Å². The molecule has 3 aliphatic rings. The number of amides is 1. The van der Waals surface area contributed by atoms with Gasteiger partial charge in [-0.25, -0.2) is 13.5 Å². The molecule has 2 atom stereocenters. The van der Waals surface area contributed by atoms with Crippen molar-refractivity contribution in [2.75, 3.05) is 19.1 Å². The number of aromatic hydroxyl groups is 1. The molecule has 0 bridgehead atoms. The summed E-state index contributed by atoms with van der Waals surface area (Å²) in [5.41, 5.74) is 4.04. The van der Waals surface area contributed by atoms with E-state index in [9.17, 15) is 23.9 Å². The molecular formula is C27H23F2N3O5S. The second kappa shape index (κ2) is 9.16. The molecule has 196 valence electrons. The monoisotopic (exact) mass is 539 g/mol. The number of hydrogen-bond acceptors (Lipinski definition) is 7. The lowest BCUT2D eigenvalue weighted by atomic mass is 9.92. The number of piperidine rings is 1. The average molecular weight is 540 g/mol. The molecule has 0 spiro atoms. The van der Waals surface area contributed by atoms with Crippen LogP contribution in [-0.4, -0.2) is 46.4 Å². The number of carbonyl (C=O) groups is 2. The molecule has 2 aromatic carbocycles. The Bertz CT molecular complexity index is 1570. The van der Waals surface area contributed by atoms with E-state index in [0.717, 1.165) is 22.6 Å². The summed E-state index contributed by atoms with van der Waals surface area (Å²) in [4.78, 5) is 40.9. The van der Waals surface area contributed by atoms with E-state index in [1.165, 1.54) is 28.4 Å². The summed E-state index contributed by atoms with van der Waals surface area (Å²) in [5, 5.41) is 10.7. The van der Waals surface area contributed by atoms with E-state index in [1.54, 1.807) is 0 Å². The van der Waals surface area contributed by atoms with Gasteiger partial charge in [-0.1, -0.05) is 18.2 Å². The second-order valence-corrected chi connectivity index (χ2v) is 10.6. The zero-order valence-corrected chi connectivity index (χ0v) is 21.1. The molecule has 11 heteroatoms. The van der Waals surface area contributed by atoms with Crippen LogP contribution >= 0.6 is 11.8 Å². The Kier molecular flexibility index (Phi) is 5.90. The minimum atomic E-state index is -1.07. The van der Waals surface area contributed by atoms with Gasteiger partial charge in [0.15, 0.2) is 23.1 Å². The summed E-state index contributed by atoms with van der Waals surface area (Å²) >= 11 is 1.40. The minimum Gasteiger partial charge on any atom is -0.502 e. The molecule has 0 aliphatic carbocycles. The first-order valence-corrected chi connectivity index (χ1v) is 13.1. The maximum atomic E-state index is 15.1. The number of fused-ring (bicyclic) bond motifs is 4. The van der Waals surface area contributed by atoms with E-state index in [1.807, 2.05) is 24.3 Å². The molecule has 1 amide bonds. The maximum absolute atomic E-state index is 15.1. The van der Waals surface area contributed by atoms with Crippen molar-refractivity contribution in [3.8, 4) is 17.0 Å². The van der Waals surface area contributed by atoms with E-state index in [2.05, 4.69) is 5.43 Å². The lowest BCUT2D eigenvalue weighted by Gasteiger charge is -2.44. The molecule has 3 aliphatic heterocycles. The first-order chi connectivity index (χ1) is 18.3. The van der Waals surface area contributed by atoms with Crippen LogP contribution in [0.1, 0.15) is 40.0 Å². The van der Waals surface area contributed by atoms with Gasteiger partial charge in [0.05, 0.1) is 18.7 Å². The van der Waals surface area contributed by atoms with E-state index in [-0.39, 0.29) is 34.8 Å². The number of pyridine rings is 1. The van der Waals surface area contributed by atoms with E-state index in [4.69, 9.17) is 4.74 Å². The normalized spacial score (nSPS) is 19.9. The fourth-order valence-corrected chi connectivity index (χ4v) is 6.63. The van der Waals surface area contributed by atoms with Crippen LogP contribution in [0.15, 0.2) is 46.1 Å². The van der Waals surface area contributed by atoms with E-state index >= 15 is 4.39 Å². The van der Waals surface area contributed by atoms with Crippen molar-refractivity contribution < 1.29 is 28.2 Å². The first-order valence-electron chi connectivity index (χ1n) is 12.1. The number of nitrogens with zero attached hydrogens (tertiary/aromatic N) is 2. The Morgan fingerprint density at radius 1 is 1.16 bits per heavy atom. The molecule has 2 N–H and O–H groups in total. The minimum absolute atomic E-state index is 0.0512. The molecular weight excluding hydrogens is 516 g/mol. The third-order valence-electron chi connectivity index (χ3n) is 7.47. The highest BCUT2D eigenvalue weighted by atomic mass is 32.2. The number of ether oxygens (including phenoxy) is 1. The van der Waals surface area contributed by atoms with Crippen LogP contribution in [0.3, 0.4) is 0 Å². The summed E-state index contributed by atoms with van der Waals surface area (Å²) in [5.74, 6) is -4.21. The van der Waals surface area contributed by atoms with Gasteiger partial charge in [0, 0.05) is 34.4 Å². The molecule has 4 heterocycles. The highest BCUT2D eigenvalue weighted by Gasteiger charge is 2.42. The number of carbonyl (C=O) groups excluding carboxylic acids is 2. The Morgan fingerprint density at radius 3 is 2.74 bits per heavy atom. The highest BCUT2D eigenvalue weighted by molar-refractivity contribution is 7.98. The number of esters is 1. The second-order valence-electron chi connectivity index (χ2n) is 9.58. The zero-order chi connectivity index (χ0) is 26.7. The van der Waals surface area contributed by atoms with Crippen molar-refractivity contribution in [3.05, 3.63) is 80.6 Å². The zero-order valence-electron chi connectivity index (χ0n) is 20.3. The Morgan fingerprint density at radius 2 is 1.95 bits per heavy atom. The van der Waals surface area contributed by atoms with E-state index < -0.39 is 46.8 Å². The van der Waals surface area contributed by atoms with Gasteiger partial charge in [-0.15, -0.1) is 11.8 Å². The fraction of sp³-hybridized carbons (Fsp3) is 0.296. The number of thioether (sulfide) groups is 1. The Hall–Kier alpha value is -3.86. The summed E-state index contributed by atoms with van der Waals surface area (Å²) < 4.78 is 36.2. The Balaban J connectivity index is 1.53. The van der Waals surface area contributed by atoms with Gasteiger partial charge in [0.2, 0.25) is 5.43 Å². The Labute approximate surface area is 220 Å². The summed E-state index contributed by atoms with van der Waals surface area (Å²) in [7, 11) is 1.28. The summed E-state index contributed by atoms with van der Waals surface area (Å²) in [6.07, 6.45) is 0.605. The van der Waals surface area contributed by atoms with Crippen molar-refractivity contribution in [2.24, 2.45) is 5.92 Å². The van der Waals surface area contributed by atoms with Crippen LogP contribution in [0.25, 0.3) is 11.3 Å². The topological polar surface area (TPSA) is 101 Å². The molecule has 3 aromatic rings. The van der Waals surface area contributed by atoms with Gasteiger partial charge in [-0.05, 0) is 42.5 Å². The standard InChI is InChI=1S/C27H23F2N3O5S/c1-37-27(36)14-6-7-22-30-32-19(10-20(33)25(34)24(32)26(35)31(22)11-14)16-9-18(28)23(29)17-12-38-21-5-3-2-4-13(21)8-15(16)17/h2-5,9-10,14,22,30,34H,6-8,11-12H2,1H3/t14?,22-/m0/s1. The van der Waals surface area contributed by atoms with E-state index in [0.29, 0.717) is 24.8 Å². The number of methoxy groups -OCH3 is 1. The number of halogens is 2. The largest absolute Gasteiger partial charge is 0.502 e. The third kappa shape index (κ3) is 3.75. The maximum Gasteiger partial charge on any atom is 0.310 e. The molecule has 38 heavy (non-hydrogen) atoms. The number of aromatic nitrogens is 1. The van der Waals surface area contributed by atoms with Gasteiger partial charge in [0.25, 0.3) is 5.91 Å². The van der Waals surface area contributed by atoms with Crippen LogP contribution in [0.4, 0.5) is 8.78 Å². The fourth-order valence-electron chi connectivity index (χ4n) is 5.53. The predicted molar refractivity (Wildman–Crippen MR) is 135 cm³/mol. The van der Waals surface area contributed by atoms with Crippen LogP contribution in [0.2, 0.25) is 0 Å².